The Morgan fingerprint density at radius 3 is 3.25 bits per heavy atom. The zero-order chi connectivity index (χ0) is 14.1. The summed E-state index contributed by atoms with van der Waals surface area (Å²) in [5.74, 6) is 0.0380. The van der Waals surface area contributed by atoms with E-state index in [4.69, 9.17) is 4.52 Å². The summed E-state index contributed by atoms with van der Waals surface area (Å²) in [6.07, 6.45) is 2.37. The molecule has 0 spiro atoms. The first-order chi connectivity index (χ1) is 9.69. The minimum atomic E-state index is 0.0380. The summed E-state index contributed by atoms with van der Waals surface area (Å²) in [5.41, 5.74) is 2.74. The van der Waals surface area contributed by atoms with Gasteiger partial charge in [0.25, 0.3) is 5.91 Å². The molecule has 0 saturated heterocycles. The molecule has 0 bridgehead atoms. The molecule has 0 aromatic carbocycles. The summed E-state index contributed by atoms with van der Waals surface area (Å²) < 4.78 is 4.95. The van der Waals surface area contributed by atoms with Gasteiger partial charge in [-0.2, -0.15) is 0 Å². The molecule has 3 heterocycles. The molecule has 1 aliphatic heterocycles. The van der Waals surface area contributed by atoms with Crippen LogP contribution in [0.25, 0.3) is 0 Å². The molecular formula is C13H16N4O2S. The Morgan fingerprint density at radius 1 is 1.60 bits per heavy atom. The van der Waals surface area contributed by atoms with Crippen LogP contribution < -0.4 is 5.32 Å². The summed E-state index contributed by atoms with van der Waals surface area (Å²) in [4.78, 5) is 19.5. The van der Waals surface area contributed by atoms with E-state index in [1.165, 1.54) is 11.3 Å². The molecule has 0 fully saturated rings. The Bertz CT molecular complexity index is 634. The molecule has 2 aromatic rings. The molecule has 0 unspecified atom stereocenters. The van der Waals surface area contributed by atoms with Crippen molar-refractivity contribution in [2.45, 2.75) is 26.8 Å². The molecule has 0 radical (unpaired) electrons. The van der Waals surface area contributed by atoms with Crippen LogP contribution in [-0.2, 0) is 13.0 Å². The van der Waals surface area contributed by atoms with Gasteiger partial charge in [0.05, 0.1) is 17.9 Å². The van der Waals surface area contributed by atoms with Crippen molar-refractivity contribution in [3.63, 3.8) is 0 Å². The topological polar surface area (TPSA) is 71.3 Å². The van der Waals surface area contributed by atoms with Crippen LogP contribution in [0.4, 0.5) is 5.13 Å². The molecule has 0 aliphatic carbocycles. The number of hydrogen-bond donors (Lipinski definition) is 1. The van der Waals surface area contributed by atoms with E-state index < -0.39 is 0 Å². The first-order valence-corrected chi connectivity index (χ1v) is 7.43. The highest BCUT2D eigenvalue weighted by Gasteiger charge is 2.26. The van der Waals surface area contributed by atoms with Gasteiger partial charge < -0.3 is 14.7 Å². The average Bonchev–Trinajstić information content (AvgIpc) is 3.04. The van der Waals surface area contributed by atoms with Crippen LogP contribution in [-0.4, -0.2) is 34.0 Å². The Morgan fingerprint density at radius 2 is 2.45 bits per heavy atom. The number of amides is 1. The van der Waals surface area contributed by atoms with Crippen LogP contribution in [0.3, 0.4) is 0 Å². The number of carbonyl (C=O) groups is 1. The van der Waals surface area contributed by atoms with E-state index >= 15 is 0 Å². The van der Waals surface area contributed by atoms with Crippen molar-refractivity contribution in [1.29, 1.82) is 0 Å². The van der Waals surface area contributed by atoms with Crippen LogP contribution >= 0.6 is 11.3 Å². The molecule has 0 saturated carbocycles. The predicted octanol–water partition coefficient (Wildman–Crippen LogP) is 2.07. The number of aromatic nitrogens is 2. The summed E-state index contributed by atoms with van der Waals surface area (Å²) in [6, 6.07) is 0. The number of carbonyl (C=O) groups excluding carboxylic acids is 1. The quantitative estimate of drug-likeness (QED) is 0.937. The van der Waals surface area contributed by atoms with Crippen molar-refractivity contribution in [2.24, 2.45) is 0 Å². The van der Waals surface area contributed by atoms with Crippen LogP contribution in [0.15, 0.2) is 10.8 Å². The normalized spacial score (nSPS) is 14.2. The van der Waals surface area contributed by atoms with Crippen molar-refractivity contribution in [3.05, 3.63) is 28.1 Å². The van der Waals surface area contributed by atoms with Crippen LogP contribution in [0.5, 0.6) is 0 Å². The van der Waals surface area contributed by atoms with E-state index in [9.17, 15) is 4.79 Å². The van der Waals surface area contributed by atoms with Crippen molar-refractivity contribution in [3.8, 4) is 0 Å². The molecular weight excluding hydrogens is 276 g/mol. The number of thiazole rings is 1. The van der Waals surface area contributed by atoms with E-state index in [0.29, 0.717) is 18.0 Å². The molecule has 6 nitrogen and oxygen atoms in total. The third kappa shape index (κ3) is 2.29. The lowest BCUT2D eigenvalue weighted by Gasteiger charge is -2.25. The minimum Gasteiger partial charge on any atom is -0.364 e. The van der Waals surface area contributed by atoms with Crippen LogP contribution in [0.1, 0.15) is 33.5 Å². The van der Waals surface area contributed by atoms with Crippen molar-refractivity contribution < 1.29 is 9.32 Å². The van der Waals surface area contributed by atoms with Crippen molar-refractivity contribution >= 4 is 22.4 Å². The zero-order valence-corrected chi connectivity index (χ0v) is 12.3. The standard InChI is InChI=1S/C13H16N4O2S/c1-3-14-13-15-8(2)11(20-13)12(18)17-5-4-10-9(6-17)7-19-16-10/h7H,3-6H2,1-2H3,(H,14,15). The van der Waals surface area contributed by atoms with E-state index in [-0.39, 0.29) is 5.91 Å². The van der Waals surface area contributed by atoms with E-state index in [1.54, 1.807) is 6.26 Å². The Kier molecular flexibility index (Phi) is 3.43. The third-order valence-electron chi connectivity index (χ3n) is 3.31. The maximum atomic E-state index is 12.6. The molecule has 7 heteroatoms. The number of aryl methyl sites for hydroxylation is 1. The summed E-state index contributed by atoms with van der Waals surface area (Å²) in [5, 5.41) is 7.89. The second-order valence-electron chi connectivity index (χ2n) is 4.73. The van der Waals surface area contributed by atoms with Gasteiger partial charge in [-0.05, 0) is 13.8 Å². The molecule has 20 heavy (non-hydrogen) atoms. The number of fused-ring (bicyclic) bond motifs is 1. The van der Waals surface area contributed by atoms with Crippen molar-refractivity contribution in [2.75, 3.05) is 18.4 Å². The van der Waals surface area contributed by atoms with E-state index in [2.05, 4.69) is 15.5 Å². The average molecular weight is 292 g/mol. The fraction of sp³-hybridized carbons (Fsp3) is 0.462. The molecule has 1 amide bonds. The first-order valence-electron chi connectivity index (χ1n) is 6.61. The summed E-state index contributed by atoms with van der Waals surface area (Å²) >= 11 is 1.42. The number of hydrogen-bond acceptors (Lipinski definition) is 6. The molecule has 106 valence electrons. The van der Waals surface area contributed by atoms with Gasteiger partial charge in [0.2, 0.25) is 0 Å². The van der Waals surface area contributed by atoms with E-state index in [0.717, 1.165) is 35.0 Å². The Balaban J connectivity index is 1.80. The number of anilines is 1. The monoisotopic (exact) mass is 292 g/mol. The number of nitrogens with one attached hydrogen (secondary N) is 1. The van der Waals surface area contributed by atoms with Crippen LogP contribution in [0.2, 0.25) is 0 Å². The lowest BCUT2D eigenvalue weighted by molar-refractivity contribution is 0.0738. The highest BCUT2D eigenvalue weighted by Crippen LogP contribution is 2.26. The molecule has 3 rings (SSSR count). The molecule has 1 aliphatic rings. The highest BCUT2D eigenvalue weighted by molar-refractivity contribution is 7.17. The van der Waals surface area contributed by atoms with Gasteiger partial charge in [-0.1, -0.05) is 16.5 Å². The summed E-state index contributed by atoms with van der Waals surface area (Å²) in [7, 11) is 0. The SMILES string of the molecule is CCNc1nc(C)c(C(=O)N2CCc3nocc3C2)s1. The lowest BCUT2D eigenvalue weighted by Crippen LogP contribution is -2.35. The van der Waals surface area contributed by atoms with Crippen LogP contribution in [0, 0.1) is 6.92 Å². The third-order valence-corrected chi connectivity index (χ3v) is 4.42. The molecule has 1 N–H and O–H groups in total. The van der Waals surface area contributed by atoms with Crippen molar-refractivity contribution in [1.82, 2.24) is 15.0 Å². The molecule has 0 atom stereocenters. The van der Waals surface area contributed by atoms with Gasteiger partial charge in [-0.15, -0.1) is 0 Å². The minimum absolute atomic E-state index is 0.0380. The second-order valence-corrected chi connectivity index (χ2v) is 5.73. The number of rotatable bonds is 3. The maximum absolute atomic E-state index is 12.6. The second kappa shape index (κ2) is 5.24. The van der Waals surface area contributed by atoms with Gasteiger partial charge in [-0.25, -0.2) is 4.98 Å². The first kappa shape index (κ1) is 13.1. The van der Waals surface area contributed by atoms with Gasteiger partial charge in [0.1, 0.15) is 11.1 Å². The van der Waals surface area contributed by atoms with Gasteiger partial charge >= 0.3 is 0 Å². The smallest absolute Gasteiger partial charge is 0.266 e. The predicted molar refractivity (Wildman–Crippen MR) is 76.0 cm³/mol. The lowest BCUT2D eigenvalue weighted by atomic mass is 10.1. The Labute approximate surface area is 120 Å². The maximum Gasteiger partial charge on any atom is 0.266 e. The van der Waals surface area contributed by atoms with Gasteiger partial charge in [0.15, 0.2) is 5.13 Å². The van der Waals surface area contributed by atoms with Gasteiger partial charge in [-0.3, -0.25) is 4.79 Å². The largest absolute Gasteiger partial charge is 0.364 e. The fourth-order valence-corrected chi connectivity index (χ4v) is 3.28. The zero-order valence-electron chi connectivity index (χ0n) is 11.5. The van der Waals surface area contributed by atoms with E-state index in [1.807, 2.05) is 18.7 Å². The van der Waals surface area contributed by atoms with Gasteiger partial charge in [0, 0.05) is 25.1 Å². The number of nitrogens with zero attached hydrogens (tertiary/aromatic N) is 3. The summed E-state index contributed by atoms with van der Waals surface area (Å²) in [6.45, 7) is 5.92. The highest BCUT2D eigenvalue weighted by atomic mass is 32.1. The molecule has 2 aromatic heterocycles. The Hall–Kier alpha value is -1.89. The fourth-order valence-electron chi connectivity index (χ4n) is 2.28.